The Morgan fingerprint density at radius 1 is 1.00 bits per heavy atom. The van der Waals surface area contributed by atoms with Crippen LogP contribution in [-0.4, -0.2) is 7.11 Å². The zero-order valence-corrected chi connectivity index (χ0v) is 11.3. The molecule has 0 saturated heterocycles. The number of benzene rings is 2. The average molecular weight is 283 g/mol. The molecule has 2 aromatic carbocycles. The van der Waals surface area contributed by atoms with Gasteiger partial charge in [-0.3, -0.25) is 0 Å². The fraction of sp³-hybridized carbons (Fsp3) is 0.143. The van der Waals surface area contributed by atoms with Crippen molar-refractivity contribution in [2.45, 2.75) is 6.61 Å². The van der Waals surface area contributed by atoms with Crippen LogP contribution in [0.4, 0.5) is 0 Å². The summed E-state index contributed by atoms with van der Waals surface area (Å²) in [5.74, 6) is 1.38. The van der Waals surface area contributed by atoms with Gasteiger partial charge in [0, 0.05) is 15.6 Å². The third-order valence-corrected chi connectivity index (χ3v) is 3.05. The Labute approximate surface area is 116 Å². The second-order valence-electron chi connectivity index (χ2n) is 3.68. The second kappa shape index (κ2) is 5.98. The molecule has 0 atom stereocenters. The molecule has 2 nitrogen and oxygen atoms in total. The molecular formula is C14H12Cl2O2. The van der Waals surface area contributed by atoms with Crippen LogP contribution in [0.2, 0.25) is 10.0 Å². The largest absolute Gasteiger partial charge is 0.493 e. The van der Waals surface area contributed by atoms with Crippen molar-refractivity contribution in [3.8, 4) is 11.5 Å². The highest BCUT2D eigenvalue weighted by Gasteiger charge is 2.05. The van der Waals surface area contributed by atoms with Crippen molar-refractivity contribution in [1.29, 1.82) is 0 Å². The molecule has 4 heteroatoms. The Morgan fingerprint density at radius 3 is 2.39 bits per heavy atom. The van der Waals surface area contributed by atoms with E-state index < -0.39 is 0 Å². The summed E-state index contributed by atoms with van der Waals surface area (Å²) in [6, 6.07) is 12.8. The average Bonchev–Trinajstić information content (AvgIpc) is 2.38. The summed E-state index contributed by atoms with van der Waals surface area (Å²) in [5, 5.41) is 1.21. The first-order chi connectivity index (χ1) is 8.70. The maximum absolute atomic E-state index is 6.07. The van der Waals surface area contributed by atoms with Gasteiger partial charge in [-0.05, 0) is 24.3 Å². The van der Waals surface area contributed by atoms with Crippen molar-refractivity contribution < 1.29 is 9.47 Å². The third-order valence-electron chi connectivity index (χ3n) is 2.47. The molecule has 0 bridgehead atoms. The van der Waals surface area contributed by atoms with Crippen molar-refractivity contribution in [2.24, 2.45) is 0 Å². The zero-order valence-electron chi connectivity index (χ0n) is 9.82. The molecule has 2 aromatic rings. The Kier molecular flexibility index (Phi) is 4.34. The minimum Gasteiger partial charge on any atom is -0.493 e. The number of halogens is 2. The van der Waals surface area contributed by atoms with Crippen molar-refractivity contribution >= 4 is 23.2 Å². The van der Waals surface area contributed by atoms with Crippen LogP contribution in [0.15, 0.2) is 42.5 Å². The Morgan fingerprint density at radius 2 is 1.72 bits per heavy atom. The number of ether oxygens (including phenoxy) is 2. The van der Waals surface area contributed by atoms with E-state index in [1.807, 2.05) is 30.3 Å². The second-order valence-corrected chi connectivity index (χ2v) is 4.52. The lowest BCUT2D eigenvalue weighted by molar-refractivity contribution is 0.284. The summed E-state index contributed by atoms with van der Waals surface area (Å²) in [4.78, 5) is 0. The van der Waals surface area contributed by atoms with Crippen molar-refractivity contribution in [1.82, 2.24) is 0 Å². The summed E-state index contributed by atoms with van der Waals surface area (Å²) in [6.45, 7) is 0.371. The SMILES string of the molecule is COc1ccccc1OCc1ccc(Cl)cc1Cl. The van der Waals surface area contributed by atoms with E-state index in [1.54, 1.807) is 19.2 Å². The fourth-order valence-electron chi connectivity index (χ4n) is 1.53. The van der Waals surface area contributed by atoms with Gasteiger partial charge in [-0.25, -0.2) is 0 Å². The Hall–Kier alpha value is -1.38. The van der Waals surface area contributed by atoms with E-state index in [0.717, 1.165) is 5.56 Å². The molecule has 0 aliphatic carbocycles. The number of rotatable bonds is 4. The van der Waals surface area contributed by atoms with Gasteiger partial charge in [0.25, 0.3) is 0 Å². The molecule has 0 unspecified atom stereocenters. The predicted molar refractivity (Wildman–Crippen MR) is 73.8 cm³/mol. The molecule has 0 saturated carbocycles. The highest BCUT2D eigenvalue weighted by Crippen LogP contribution is 2.28. The molecule has 0 aliphatic heterocycles. The Balaban J connectivity index is 2.11. The first-order valence-corrected chi connectivity index (χ1v) is 6.16. The third kappa shape index (κ3) is 3.09. The van der Waals surface area contributed by atoms with Gasteiger partial charge in [0.15, 0.2) is 11.5 Å². The van der Waals surface area contributed by atoms with Crippen molar-refractivity contribution in [2.75, 3.05) is 7.11 Å². The number of para-hydroxylation sites is 2. The van der Waals surface area contributed by atoms with Crippen LogP contribution in [0.25, 0.3) is 0 Å². The van der Waals surface area contributed by atoms with Gasteiger partial charge >= 0.3 is 0 Å². The molecule has 0 N–H and O–H groups in total. The van der Waals surface area contributed by atoms with Gasteiger partial charge in [0.05, 0.1) is 7.11 Å². The van der Waals surface area contributed by atoms with Gasteiger partial charge in [-0.15, -0.1) is 0 Å². The van der Waals surface area contributed by atoms with E-state index in [1.165, 1.54) is 0 Å². The van der Waals surface area contributed by atoms with Crippen LogP contribution in [0.5, 0.6) is 11.5 Å². The van der Waals surface area contributed by atoms with Crippen molar-refractivity contribution in [3.63, 3.8) is 0 Å². The summed E-state index contributed by atoms with van der Waals surface area (Å²) in [7, 11) is 1.61. The quantitative estimate of drug-likeness (QED) is 0.817. The lowest BCUT2D eigenvalue weighted by atomic mass is 10.2. The highest BCUT2D eigenvalue weighted by atomic mass is 35.5. The Bertz CT molecular complexity index is 541. The minimum absolute atomic E-state index is 0.371. The minimum atomic E-state index is 0.371. The fourth-order valence-corrected chi connectivity index (χ4v) is 2.00. The smallest absolute Gasteiger partial charge is 0.161 e. The zero-order chi connectivity index (χ0) is 13.0. The lowest BCUT2D eigenvalue weighted by Crippen LogP contribution is -1.98. The van der Waals surface area contributed by atoms with Crippen LogP contribution in [0.1, 0.15) is 5.56 Å². The molecule has 0 amide bonds. The van der Waals surface area contributed by atoms with Crippen LogP contribution in [0.3, 0.4) is 0 Å². The standard InChI is InChI=1S/C14H12Cl2O2/c1-17-13-4-2-3-5-14(13)18-9-10-6-7-11(15)8-12(10)16/h2-8H,9H2,1H3. The van der Waals surface area contributed by atoms with E-state index >= 15 is 0 Å². The topological polar surface area (TPSA) is 18.5 Å². The molecule has 0 aromatic heterocycles. The van der Waals surface area contributed by atoms with Crippen LogP contribution in [0, 0.1) is 0 Å². The molecule has 0 radical (unpaired) electrons. The maximum Gasteiger partial charge on any atom is 0.161 e. The maximum atomic E-state index is 6.07. The number of hydrogen-bond acceptors (Lipinski definition) is 2. The number of methoxy groups -OCH3 is 1. The van der Waals surface area contributed by atoms with Gasteiger partial charge < -0.3 is 9.47 Å². The number of hydrogen-bond donors (Lipinski definition) is 0. The highest BCUT2D eigenvalue weighted by molar-refractivity contribution is 6.35. The van der Waals surface area contributed by atoms with E-state index in [2.05, 4.69) is 0 Å². The molecule has 0 spiro atoms. The monoisotopic (exact) mass is 282 g/mol. The van der Waals surface area contributed by atoms with E-state index in [-0.39, 0.29) is 0 Å². The summed E-state index contributed by atoms with van der Waals surface area (Å²) < 4.78 is 10.9. The summed E-state index contributed by atoms with van der Waals surface area (Å²) in [5.41, 5.74) is 0.881. The predicted octanol–water partition coefficient (Wildman–Crippen LogP) is 4.58. The molecule has 18 heavy (non-hydrogen) atoms. The summed E-state index contributed by atoms with van der Waals surface area (Å²) >= 11 is 11.9. The molecular weight excluding hydrogens is 271 g/mol. The first-order valence-electron chi connectivity index (χ1n) is 5.40. The summed E-state index contributed by atoms with van der Waals surface area (Å²) in [6.07, 6.45) is 0. The van der Waals surface area contributed by atoms with Gasteiger partial charge in [-0.2, -0.15) is 0 Å². The van der Waals surface area contributed by atoms with Gasteiger partial charge in [0.2, 0.25) is 0 Å². The van der Waals surface area contributed by atoms with Gasteiger partial charge in [0.1, 0.15) is 6.61 Å². The molecule has 0 aliphatic rings. The van der Waals surface area contributed by atoms with Crippen LogP contribution >= 0.6 is 23.2 Å². The molecule has 0 fully saturated rings. The van der Waals surface area contributed by atoms with E-state index in [0.29, 0.717) is 28.2 Å². The van der Waals surface area contributed by atoms with E-state index in [9.17, 15) is 0 Å². The van der Waals surface area contributed by atoms with Gasteiger partial charge in [-0.1, -0.05) is 41.4 Å². The lowest BCUT2D eigenvalue weighted by Gasteiger charge is -2.11. The van der Waals surface area contributed by atoms with Crippen LogP contribution in [-0.2, 0) is 6.61 Å². The van der Waals surface area contributed by atoms with E-state index in [4.69, 9.17) is 32.7 Å². The molecule has 94 valence electrons. The molecule has 2 rings (SSSR count). The first kappa shape index (κ1) is 13.1. The van der Waals surface area contributed by atoms with Crippen LogP contribution < -0.4 is 9.47 Å². The normalized spacial score (nSPS) is 10.2. The molecule has 0 heterocycles. The van der Waals surface area contributed by atoms with Crippen molar-refractivity contribution in [3.05, 3.63) is 58.1 Å².